The van der Waals surface area contributed by atoms with Crippen LogP contribution in [-0.2, 0) is 9.59 Å². The van der Waals surface area contributed by atoms with Crippen LogP contribution in [0.1, 0.15) is 27.7 Å². The summed E-state index contributed by atoms with van der Waals surface area (Å²) < 4.78 is 10.8. The van der Waals surface area contributed by atoms with Crippen molar-refractivity contribution in [2.45, 2.75) is 33.8 Å². The smallest absolute Gasteiger partial charge is 0.263 e. The maximum atomic E-state index is 12.6. The second-order valence-corrected chi connectivity index (χ2v) is 7.30. The van der Waals surface area contributed by atoms with E-state index in [1.54, 1.807) is 43.2 Å². The van der Waals surface area contributed by atoms with Gasteiger partial charge in [-0.3, -0.25) is 9.59 Å². The van der Waals surface area contributed by atoms with Crippen LogP contribution in [0, 0.1) is 5.41 Å². The zero-order valence-corrected chi connectivity index (χ0v) is 15.7. The van der Waals surface area contributed by atoms with Crippen LogP contribution in [0.15, 0.2) is 24.3 Å². The van der Waals surface area contributed by atoms with E-state index in [9.17, 15) is 9.59 Å². The number of methoxy groups -OCH3 is 1. The third-order valence-corrected chi connectivity index (χ3v) is 4.24. The van der Waals surface area contributed by atoms with Gasteiger partial charge in [0.15, 0.2) is 6.10 Å². The number of carbonyl (C=O) groups excluding carboxylic acids is 2. The highest BCUT2D eigenvalue weighted by Gasteiger charge is 2.32. The first-order valence-electron chi connectivity index (χ1n) is 8.61. The zero-order valence-electron chi connectivity index (χ0n) is 15.7. The quantitative estimate of drug-likeness (QED) is 0.837. The molecule has 0 aromatic heterocycles. The van der Waals surface area contributed by atoms with Crippen LogP contribution in [0.4, 0.5) is 0 Å². The van der Waals surface area contributed by atoms with Gasteiger partial charge in [-0.15, -0.1) is 0 Å². The Hall–Kier alpha value is -2.24. The van der Waals surface area contributed by atoms with Crippen molar-refractivity contribution < 1.29 is 19.1 Å². The molecule has 25 heavy (non-hydrogen) atoms. The summed E-state index contributed by atoms with van der Waals surface area (Å²) in [5, 5.41) is 0. The van der Waals surface area contributed by atoms with Gasteiger partial charge in [-0.2, -0.15) is 0 Å². The average Bonchev–Trinajstić information content (AvgIpc) is 2.60. The highest BCUT2D eigenvalue weighted by molar-refractivity contribution is 5.83. The molecule has 1 unspecified atom stereocenters. The molecule has 6 nitrogen and oxygen atoms in total. The summed E-state index contributed by atoms with van der Waals surface area (Å²) in [6.07, 6.45) is -0.571. The Morgan fingerprint density at radius 3 is 1.92 bits per heavy atom. The fourth-order valence-electron chi connectivity index (χ4n) is 2.77. The van der Waals surface area contributed by atoms with Crippen LogP contribution in [-0.4, -0.2) is 61.0 Å². The van der Waals surface area contributed by atoms with Crippen molar-refractivity contribution in [1.82, 2.24) is 9.80 Å². The third-order valence-electron chi connectivity index (χ3n) is 4.24. The SMILES string of the molecule is COc1ccc(OC(C)C(=O)N2CCN(C(=O)C(C)(C)C)CC2)cc1. The lowest BCUT2D eigenvalue weighted by Gasteiger charge is -2.38. The van der Waals surface area contributed by atoms with Gasteiger partial charge in [-0.25, -0.2) is 0 Å². The summed E-state index contributed by atoms with van der Waals surface area (Å²) in [4.78, 5) is 28.5. The lowest BCUT2D eigenvalue weighted by atomic mass is 9.94. The number of amides is 2. The summed E-state index contributed by atoms with van der Waals surface area (Å²) in [5.41, 5.74) is -0.392. The second kappa shape index (κ2) is 7.76. The molecule has 1 saturated heterocycles. The summed E-state index contributed by atoms with van der Waals surface area (Å²) in [6, 6.07) is 7.15. The second-order valence-electron chi connectivity index (χ2n) is 7.30. The number of rotatable bonds is 4. The molecule has 0 aliphatic carbocycles. The molecule has 0 N–H and O–H groups in total. The lowest BCUT2D eigenvalue weighted by molar-refractivity contribution is -0.147. The summed E-state index contributed by atoms with van der Waals surface area (Å²) in [5.74, 6) is 1.44. The third kappa shape index (κ3) is 4.87. The van der Waals surface area contributed by atoms with Crippen LogP contribution in [0.3, 0.4) is 0 Å². The molecule has 6 heteroatoms. The number of hydrogen-bond donors (Lipinski definition) is 0. The number of hydrogen-bond acceptors (Lipinski definition) is 4. The predicted octanol–water partition coefficient (Wildman–Crippen LogP) is 2.18. The van der Waals surface area contributed by atoms with Crippen LogP contribution in [0.5, 0.6) is 11.5 Å². The Kier molecular flexibility index (Phi) is 5.93. The highest BCUT2D eigenvalue weighted by atomic mass is 16.5. The number of piperazine rings is 1. The Bertz CT molecular complexity index is 599. The zero-order chi connectivity index (χ0) is 18.6. The number of carbonyl (C=O) groups is 2. The van der Waals surface area contributed by atoms with Crippen molar-refractivity contribution in [3.8, 4) is 11.5 Å². The number of benzene rings is 1. The minimum absolute atomic E-state index is 0.0568. The summed E-state index contributed by atoms with van der Waals surface area (Å²) in [6.45, 7) is 9.70. The minimum atomic E-state index is -0.571. The van der Waals surface area contributed by atoms with E-state index >= 15 is 0 Å². The van der Waals surface area contributed by atoms with Gasteiger partial charge in [-0.05, 0) is 31.2 Å². The van der Waals surface area contributed by atoms with Crippen molar-refractivity contribution in [3.05, 3.63) is 24.3 Å². The largest absolute Gasteiger partial charge is 0.497 e. The lowest BCUT2D eigenvalue weighted by Crippen LogP contribution is -2.55. The molecule has 1 aliphatic heterocycles. The molecule has 1 aromatic carbocycles. The first-order chi connectivity index (χ1) is 11.7. The van der Waals surface area contributed by atoms with Crippen LogP contribution < -0.4 is 9.47 Å². The molecule has 0 bridgehead atoms. The van der Waals surface area contributed by atoms with E-state index in [-0.39, 0.29) is 11.8 Å². The molecule has 0 spiro atoms. The topological polar surface area (TPSA) is 59.1 Å². The van der Waals surface area contributed by atoms with Gasteiger partial charge in [0.1, 0.15) is 11.5 Å². The van der Waals surface area contributed by atoms with E-state index in [2.05, 4.69) is 0 Å². The average molecular weight is 348 g/mol. The van der Waals surface area contributed by atoms with Crippen molar-refractivity contribution in [3.63, 3.8) is 0 Å². The predicted molar refractivity (Wildman–Crippen MR) is 95.7 cm³/mol. The van der Waals surface area contributed by atoms with Gasteiger partial charge < -0.3 is 19.3 Å². The van der Waals surface area contributed by atoms with Gasteiger partial charge in [-0.1, -0.05) is 20.8 Å². The van der Waals surface area contributed by atoms with E-state index in [1.807, 2.05) is 25.7 Å². The van der Waals surface area contributed by atoms with Crippen molar-refractivity contribution in [2.24, 2.45) is 5.41 Å². The van der Waals surface area contributed by atoms with E-state index < -0.39 is 11.5 Å². The van der Waals surface area contributed by atoms with Gasteiger partial charge >= 0.3 is 0 Å². The molecule has 1 heterocycles. The fraction of sp³-hybridized carbons (Fsp3) is 0.579. The Balaban J connectivity index is 1.87. The molecule has 1 atom stereocenters. The van der Waals surface area contributed by atoms with Crippen LogP contribution in [0.2, 0.25) is 0 Å². The molecule has 1 aromatic rings. The molecule has 0 saturated carbocycles. The monoisotopic (exact) mass is 348 g/mol. The summed E-state index contributed by atoms with van der Waals surface area (Å²) in [7, 11) is 1.60. The molecule has 1 fully saturated rings. The molecule has 2 rings (SSSR count). The maximum absolute atomic E-state index is 12.6. The van der Waals surface area contributed by atoms with Crippen LogP contribution in [0.25, 0.3) is 0 Å². The van der Waals surface area contributed by atoms with Crippen molar-refractivity contribution in [2.75, 3.05) is 33.3 Å². The van der Waals surface area contributed by atoms with Gasteiger partial charge in [0, 0.05) is 31.6 Å². The van der Waals surface area contributed by atoms with E-state index in [1.165, 1.54) is 0 Å². The Morgan fingerprint density at radius 2 is 1.44 bits per heavy atom. The van der Waals surface area contributed by atoms with Crippen molar-refractivity contribution in [1.29, 1.82) is 0 Å². The Morgan fingerprint density at radius 1 is 0.960 bits per heavy atom. The summed E-state index contributed by atoms with van der Waals surface area (Å²) >= 11 is 0. The van der Waals surface area contributed by atoms with Gasteiger partial charge in [0.2, 0.25) is 5.91 Å². The molecular weight excluding hydrogens is 320 g/mol. The molecule has 1 aliphatic rings. The normalized spacial score (nSPS) is 16.4. The fourth-order valence-corrected chi connectivity index (χ4v) is 2.77. The standard InChI is InChI=1S/C19H28N2O4/c1-14(25-16-8-6-15(24-5)7-9-16)17(22)20-10-12-21(13-11-20)18(23)19(2,3)4/h6-9,14H,10-13H2,1-5H3. The van der Waals surface area contributed by atoms with E-state index in [0.717, 1.165) is 5.75 Å². The molecule has 138 valence electrons. The Labute approximate surface area is 149 Å². The maximum Gasteiger partial charge on any atom is 0.263 e. The first kappa shape index (κ1) is 19.1. The van der Waals surface area contributed by atoms with Crippen LogP contribution >= 0.6 is 0 Å². The van der Waals surface area contributed by atoms with E-state index in [0.29, 0.717) is 31.9 Å². The van der Waals surface area contributed by atoms with Gasteiger partial charge in [0.25, 0.3) is 5.91 Å². The molecule has 2 amide bonds. The molecule has 0 radical (unpaired) electrons. The number of ether oxygens (including phenoxy) is 2. The molecular formula is C19H28N2O4. The van der Waals surface area contributed by atoms with Crippen molar-refractivity contribution >= 4 is 11.8 Å². The highest BCUT2D eigenvalue weighted by Crippen LogP contribution is 2.20. The van der Waals surface area contributed by atoms with E-state index in [4.69, 9.17) is 9.47 Å². The number of nitrogens with zero attached hydrogens (tertiary/aromatic N) is 2. The minimum Gasteiger partial charge on any atom is -0.497 e. The van der Waals surface area contributed by atoms with Gasteiger partial charge in [0.05, 0.1) is 7.11 Å². The first-order valence-corrected chi connectivity index (χ1v) is 8.61.